The Morgan fingerprint density at radius 2 is 2.50 bits per heavy atom. The number of hydrogen-bond acceptors (Lipinski definition) is 2. The number of hydrogen-bond donors (Lipinski definition) is 1. The number of nitrogens with two attached hydrogens (primary N) is 1. The van der Waals surface area contributed by atoms with Crippen LogP contribution in [0.15, 0.2) is 0 Å². The molecule has 0 aromatic rings. The molecule has 0 unspecified atom stereocenters. The summed E-state index contributed by atoms with van der Waals surface area (Å²) in [4.78, 5) is 9.96. The van der Waals surface area contributed by atoms with Crippen molar-refractivity contribution in [3.8, 4) is 0 Å². The predicted octanol–water partition coefficient (Wildman–Crippen LogP) is -0.292. The van der Waals surface area contributed by atoms with Gasteiger partial charge in [-0.1, -0.05) is 0 Å². The van der Waals surface area contributed by atoms with Crippen molar-refractivity contribution in [3.05, 3.63) is 0 Å². The van der Waals surface area contributed by atoms with Crippen LogP contribution in [-0.2, 0) is 20.9 Å². The molecule has 0 aliphatic heterocycles. The van der Waals surface area contributed by atoms with Gasteiger partial charge in [0.25, 0.3) is 0 Å². The van der Waals surface area contributed by atoms with Crippen molar-refractivity contribution in [2.24, 2.45) is 5.73 Å². The topological polar surface area (TPSA) is 43.1 Å². The Morgan fingerprint density at radius 1 is 2.00 bits per heavy atom. The molecule has 2 nitrogen and oxygen atoms in total. The maximum absolute atomic E-state index is 9.96. The summed E-state index contributed by atoms with van der Waals surface area (Å²) >= 11 is -0.604. The summed E-state index contributed by atoms with van der Waals surface area (Å²) in [5.41, 5.74) is 4.87. The first-order valence-electron chi connectivity index (χ1n) is 1.28. The normalized spacial score (nSPS) is 9.00. The molecule has 0 aromatic heterocycles. The zero-order chi connectivity index (χ0) is 4.99. The molecule has 0 atom stereocenters. The minimum atomic E-state index is -0.604. The first-order chi connectivity index (χ1) is 2.81. The molecular formula is C2H4ClNORu. The standard InChI is InChI=1S/C2H4NO.ClH.Ru/c3-1-2-4;;/h1,3H2;1H;/q;;+1/p-1. The van der Waals surface area contributed by atoms with Gasteiger partial charge in [-0.2, -0.15) is 0 Å². The summed E-state index contributed by atoms with van der Waals surface area (Å²) in [6.45, 7) is 0.0990. The van der Waals surface area contributed by atoms with Crippen molar-refractivity contribution < 1.29 is 20.9 Å². The van der Waals surface area contributed by atoms with E-state index in [1.807, 2.05) is 0 Å². The Morgan fingerprint density at radius 3 is 2.50 bits per heavy atom. The Balaban J connectivity index is 2.99. The van der Waals surface area contributed by atoms with E-state index in [9.17, 15) is 4.79 Å². The zero-order valence-corrected chi connectivity index (χ0v) is 5.42. The molecule has 0 radical (unpaired) electrons. The van der Waals surface area contributed by atoms with Gasteiger partial charge in [-0.05, 0) is 0 Å². The molecule has 4 heteroatoms. The summed E-state index contributed by atoms with van der Waals surface area (Å²) < 4.78 is -0.0242. The van der Waals surface area contributed by atoms with E-state index in [-0.39, 0.29) is 10.9 Å². The number of halogens is 1. The summed E-state index contributed by atoms with van der Waals surface area (Å²) in [7, 11) is 5.11. The third kappa shape index (κ3) is 2.76. The van der Waals surface area contributed by atoms with Crippen LogP contribution in [0.2, 0.25) is 0 Å². The summed E-state index contributed by atoms with van der Waals surface area (Å²) in [5.74, 6) is 0. The summed E-state index contributed by atoms with van der Waals surface area (Å²) in [6.07, 6.45) is 0. The van der Waals surface area contributed by atoms with Gasteiger partial charge in [0.05, 0.1) is 0 Å². The van der Waals surface area contributed by atoms with Crippen LogP contribution in [-0.4, -0.2) is 10.9 Å². The molecule has 0 aromatic carbocycles. The van der Waals surface area contributed by atoms with E-state index in [0.29, 0.717) is 0 Å². The molecule has 0 amide bonds. The molecule has 0 fully saturated rings. The van der Waals surface area contributed by atoms with Crippen molar-refractivity contribution in [1.82, 2.24) is 0 Å². The van der Waals surface area contributed by atoms with E-state index in [1.54, 1.807) is 0 Å². The summed E-state index contributed by atoms with van der Waals surface area (Å²) in [5, 5.41) is 0. The van der Waals surface area contributed by atoms with E-state index in [2.05, 4.69) is 0 Å². The van der Waals surface area contributed by atoms with E-state index in [0.717, 1.165) is 0 Å². The van der Waals surface area contributed by atoms with Crippen molar-refractivity contribution in [1.29, 1.82) is 0 Å². The minimum absolute atomic E-state index is 0.0242. The fraction of sp³-hybridized carbons (Fsp3) is 0.500. The van der Waals surface area contributed by atoms with Gasteiger partial charge in [-0.15, -0.1) is 0 Å². The molecule has 0 saturated heterocycles. The second-order valence-corrected chi connectivity index (χ2v) is 2.70. The van der Waals surface area contributed by atoms with E-state index < -0.39 is 16.1 Å². The molecule has 0 bridgehead atoms. The van der Waals surface area contributed by atoms with Crippen LogP contribution in [0.25, 0.3) is 0 Å². The monoisotopic (exact) mass is 195 g/mol. The predicted molar refractivity (Wildman–Crippen MR) is 19.9 cm³/mol. The maximum atomic E-state index is 9.96. The van der Waals surface area contributed by atoms with Crippen LogP contribution < -0.4 is 5.73 Å². The molecule has 38 valence electrons. The second-order valence-electron chi connectivity index (χ2n) is 0.612. The SMILES string of the molecule is NC[C](=O)[Ru][Cl]. The van der Waals surface area contributed by atoms with E-state index >= 15 is 0 Å². The van der Waals surface area contributed by atoms with Crippen LogP contribution in [0, 0.1) is 0 Å². The van der Waals surface area contributed by atoms with Crippen LogP contribution in [0.4, 0.5) is 0 Å². The van der Waals surface area contributed by atoms with E-state index in [1.165, 1.54) is 0 Å². The van der Waals surface area contributed by atoms with Crippen LogP contribution >= 0.6 is 9.69 Å². The van der Waals surface area contributed by atoms with Crippen LogP contribution in [0.3, 0.4) is 0 Å². The van der Waals surface area contributed by atoms with Crippen molar-refractivity contribution in [2.75, 3.05) is 6.54 Å². The summed E-state index contributed by atoms with van der Waals surface area (Å²) in [6, 6.07) is 0. The molecule has 2 N–H and O–H groups in total. The molecule has 0 saturated carbocycles. The van der Waals surface area contributed by atoms with Gasteiger partial charge >= 0.3 is 47.3 Å². The fourth-order valence-corrected chi connectivity index (χ4v) is 0.484. The third-order valence-electron chi connectivity index (χ3n) is 0.230. The molecule has 6 heavy (non-hydrogen) atoms. The quantitative estimate of drug-likeness (QED) is 0.614. The molecular weight excluding hydrogens is 191 g/mol. The molecule has 0 rings (SSSR count). The second kappa shape index (κ2) is 3.72. The number of carbonyl (C=O) groups excluding carboxylic acids is 1. The van der Waals surface area contributed by atoms with Crippen molar-refractivity contribution >= 4 is 14.1 Å². The molecule has 0 spiro atoms. The first-order valence-corrected chi connectivity index (χ1v) is 4.38. The number of rotatable bonds is 2. The third-order valence-corrected chi connectivity index (χ3v) is 1.83. The van der Waals surface area contributed by atoms with Crippen LogP contribution in [0.5, 0.6) is 0 Å². The molecule has 0 aliphatic rings. The average Bonchev–Trinajstić information content (AvgIpc) is 1.65. The van der Waals surface area contributed by atoms with Crippen molar-refractivity contribution in [3.63, 3.8) is 0 Å². The molecule has 0 heterocycles. The van der Waals surface area contributed by atoms with E-state index in [4.69, 9.17) is 15.4 Å². The van der Waals surface area contributed by atoms with Gasteiger partial charge in [0.1, 0.15) is 0 Å². The fourth-order valence-electron chi connectivity index (χ4n) is 0.0273. The van der Waals surface area contributed by atoms with Crippen molar-refractivity contribution in [2.45, 2.75) is 0 Å². The van der Waals surface area contributed by atoms with Gasteiger partial charge in [0, 0.05) is 0 Å². The Labute approximate surface area is 47.7 Å². The van der Waals surface area contributed by atoms with Gasteiger partial charge < -0.3 is 0 Å². The molecule has 0 aliphatic carbocycles. The first kappa shape index (κ1) is 6.54. The Hall–Kier alpha value is 0.543. The Kier molecular flexibility index (Phi) is 4.06. The van der Waals surface area contributed by atoms with Crippen LogP contribution in [0.1, 0.15) is 0 Å². The van der Waals surface area contributed by atoms with Gasteiger partial charge in [0.15, 0.2) is 0 Å². The zero-order valence-electron chi connectivity index (χ0n) is 2.92. The van der Waals surface area contributed by atoms with Gasteiger partial charge in [-0.3, -0.25) is 0 Å². The Bertz CT molecular complexity index is 51.5. The van der Waals surface area contributed by atoms with Gasteiger partial charge in [-0.25, -0.2) is 0 Å². The van der Waals surface area contributed by atoms with Gasteiger partial charge in [0.2, 0.25) is 0 Å². The average molecular weight is 195 g/mol. The number of carbonyl (C=O) groups is 1.